The summed E-state index contributed by atoms with van der Waals surface area (Å²) >= 11 is 0. The van der Waals surface area contributed by atoms with Crippen LogP contribution in [0.5, 0.6) is 11.5 Å². The van der Waals surface area contributed by atoms with Crippen LogP contribution in [0, 0.1) is 46.3 Å². The molecule has 0 aliphatic heterocycles. The second-order valence-corrected chi connectivity index (χ2v) is 4.31. The van der Waals surface area contributed by atoms with Gasteiger partial charge in [0.15, 0.2) is 17.1 Å². The molecular weight excluding hydrogens is 304 g/mol. The topological polar surface area (TPSA) is 116 Å². The Bertz CT molecular complexity index is 824. The van der Waals surface area contributed by atoms with Crippen molar-refractivity contribution in [2.24, 2.45) is 5.73 Å². The largest absolute Gasteiger partial charge is 0.490 e. The van der Waals surface area contributed by atoms with Crippen molar-refractivity contribution < 1.29 is 9.47 Å². The third kappa shape index (κ3) is 4.57. The van der Waals surface area contributed by atoms with Gasteiger partial charge in [-0.3, -0.25) is 0 Å². The van der Waals surface area contributed by atoms with E-state index in [1.807, 2.05) is 13.0 Å². The molecule has 24 heavy (non-hydrogen) atoms. The summed E-state index contributed by atoms with van der Waals surface area (Å²) in [5.74, 6) is 3.30. The number of terminal acetylenes is 1. The number of hydrogen-bond donors (Lipinski definition) is 1. The van der Waals surface area contributed by atoms with E-state index in [4.69, 9.17) is 32.2 Å². The molecule has 0 aliphatic carbocycles. The number of rotatable bonds is 6. The first kappa shape index (κ1) is 18.2. The number of allylic oxidation sites excluding steroid dienone is 2. The molecule has 0 unspecified atom stereocenters. The standard InChI is InChI=1S/C18H14N4O2/c1-3-7-24-16-6-5-13(9-17(16)23-4-2)8-14(10-19)18(22)15(11-20)12-21/h1,5-6,8-9H,4,7,22H2,2H3/b14-8+. The molecule has 2 N–H and O–H groups in total. The minimum absolute atomic E-state index is 0.00726. The van der Waals surface area contributed by atoms with Crippen LogP contribution in [0.2, 0.25) is 0 Å². The van der Waals surface area contributed by atoms with E-state index in [2.05, 4.69) is 5.92 Å². The highest BCUT2D eigenvalue weighted by molar-refractivity contribution is 5.67. The van der Waals surface area contributed by atoms with Gasteiger partial charge in [0.25, 0.3) is 0 Å². The molecule has 6 heteroatoms. The van der Waals surface area contributed by atoms with Crippen molar-refractivity contribution >= 4 is 6.08 Å². The van der Waals surface area contributed by atoms with Crippen molar-refractivity contribution in [3.05, 3.63) is 40.6 Å². The fourth-order valence-electron chi connectivity index (χ4n) is 1.74. The second kappa shape index (κ2) is 9.21. The average Bonchev–Trinajstić information content (AvgIpc) is 2.60. The van der Waals surface area contributed by atoms with E-state index in [1.54, 1.807) is 30.3 Å². The Morgan fingerprint density at radius 2 is 1.88 bits per heavy atom. The van der Waals surface area contributed by atoms with Crippen LogP contribution < -0.4 is 15.2 Å². The number of nitrogens with zero attached hydrogens (tertiary/aromatic N) is 3. The minimum Gasteiger partial charge on any atom is -0.490 e. The van der Waals surface area contributed by atoms with Crippen LogP contribution in [0.4, 0.5) is 0 Å². The van der Waals surface area contributed by atoms with Gasteiger partial charge in [-0.25, -0.2) is 0 Å². The summed E-state index contributed by atoms with van der Waals surface area (Å²) in [6.07, 6.45) is 6.62. The van der Waals surface area contributed by atoms with E-state index in [0.29, 0.717) is 23.7 Å². The maximum atomic E-state index is 9.21. The van der Waals surface area contributed by atoms with E-state index in [-0.39, 0.29) is 23.5 Å². The van der Waals surface area contributed by atoms with Crippen molar-refractivity contribution in [1.82, 2.24) is 0 Å². The molecule has 0 aliphatic rings. The number of nitrogens with two attached hydrogens (primary N) is 1. The number of hydrogen-bond acceptors (Lipinski definition) is 6. The van der Waals surface area contributed by atoms with Gasteiger partial charge < -0.3 is 15.2 Å². The maximum Gasteiger partial charge on any atom is 0.162 e. The zero-order valence-corrected chi connectivity index (χ0v) is 13.0. The Hall–Kier alpha value is -3.87. The normalized spacial score (nSPS) is 9.62. The molecule has 0 aromatic heterocycles. The summed E-state index contributed by atoms with van der Waals surface area (Å²) in [5.41, 5.74) is 5.81. The second-order valence-electron chi connectivity index (χ2n) is 4.31. The molecule has 0 saturated carbocycles. The van der Waals surface area contributed by atoms with Crippen LogP contribution in [0.3, 0.4) is 0 Å². The van der Waals surface area contributed by atoms with Crippen molar-refractivity contribution in [3.63, 3.8) is 0 Å². The highest BCUT2D eigenvalue weighted by Crippen LogP contribution is 2.29. The molecule has 0 bridgehead atoms. The Balaban J connectivity index is 3.32. The summed E-state index contributed by atoms with van der Waals surface area (Å²) in [6.45, 7) is 2.34. The Labute approximate surface area is 140 Å². The van der Waals surface area contributed by atoms with E-state index in [1.165, 1.54) is 6.08 Å². The van der Waals surface area contributed by atoms with E-state index < -0.39 is 0 Å². The van der Waals surface area contributed by atoms with Crippen molar-refractivity contribution in [2.75, 3.05) is 13.2 Å². The quantitative estimate of drug-likeness (QED) is 0.488. The summed E-state index contributed by atoms with van der Waals surface area (Å²) in [7, 11) is 0. The van der Waals surface area contributed by atoms with Gasteiger partial charge in [-0.05, 0) is 30.7 Å². The number of nitriles is 3. The molecule has 0 saturated heterocycles. The van der Waals surface area contributed by atoms with Crippen molar-refractivity contribution in [3.8, 4) is 42.1 Å². The van der Waals surface area contributed by atoms with Crippen molar-refractivity contribution in [1.29, 1.82) is 15.8 Å². The van der Waals surface area contributed by atoms with Crippen LogP contribution in [0.25, 0.3) is 6.08 Å². The fraction of sp³-hybridized carbons (Fsp3) is 0.167. The predicted octanol–water partition coefficient (Wildman–Crippen LogP) is 2.26. The highest BCUT2D eigenvalue weighted by atomic mass is 16.5. The lowest BCUT2D eigenvalue weighted by molar-refractivity contribution is 0.299. The lowest BCUT2D eigenvalue weighted by Gasteiger charge is -2.11. The van der Waals surface area contributed by atoms with Crippen LogP contribution in [-0.2, 0) is 0 Å². The minimum atomic E-state index is -0.318. The number of benzene rings is 1. The first-order chi connectivity index (χ1) is 11.6. The zero-order valence-electron chi connectivity index (χ0n) is 13.0. The lowest BCUT2D eigenvalue weighted by atomic mass is 10.1. The summed E-state index contributed by atoms with van der Waals surface area (Å²) < 4.78 is 10.9. The lowest BCUT2D eigenvalue weighted by Crippen LogP contribution is -2.03. The van der Waals surface area contributed by atoms with Crippen LogP contribution in [-0.4, -0.2) is 13.2 Å². The van der Waals surface area contributed by atoms with Gasteiger partial charge in [-0.1, -0.05) is 12.0 Å². The van der Waals surface area contributed by atoms with Gasteiger partial charge in [0.05, 0.1) is 17.9 Å². The Morgan fingerprint density at radius 1 is 1.17 bits per heavy atom. The summed E-state index contributed by atoms with van der Waals surface area (Å²) in [4.78, 5) is 0. The first-order valence-electron chi connectivity index (χ1n) is 6.86. The van der Waals surface area contributed by atoms with Gasteiger partial charge >= 0.3 is 0 Å². The Morgan fingerprint density at radius 3 is 2.42 bits per heavy atom. The molecule has 0 radical (unpaired) electrons. The maximum absolute atomic E-state index is 9.21. The molecule has 0 spiro atoms. The zero-order chi connectivity index (χ0) is 17.9. The summed E-state index contributed by atoms with van der Waals surface area (Å²) in [5, 5.41) is 26.9. The molecule has 0 atom stereocenters. The molecule has 118 valence electrons. The monoisotopic (exact) mass is 318 g/mol. The molecule has 6 nitrogen and oxygen atoms in total. The number of ether oxygens (including phenoxy) is 2. The molecule has 0 fully saturated rings. The van der Waals surface area contributed by atoms with Gasteiger partial charge in [-0.15, -0.1) is 6.42 Å². The average molecular weight is 318 g/mol. The molecular formula is C18H14N4O2. The fourth-order valence-corrected chi connectivity index (χ4v) is 1.74. The predicted molar refractivity (Wildman–Crippen MR) is 88.0 cm³/mol. The van der Waals surface area contributed by atoms with Gasteiger partial charge in [-0.2, -0.15) is 15.8 Å². The first-order valence-corrected chi connectivity index (χ1v) is 6.86. The van der Waals surface area contributed by atoms with Crippen molar-refractivity contribution in [2.45, 2.75) is 6.92 Å². The Kier molecular flexibility index (Phi) is 6.98. The third-order valence-electron chi connectivity index (χ3n) is 2.79. The molecule has 0 amide bonds. The summed E-state index contributed by atoms with van der Waals surface area (Å²) in [6, 6.07) is 10.2. The van der Waals surface area contributed by atoms with E-state index in [0.717, 1.165) is 0 Å². The third-order valence-corrected chi connectivity index (χ3v) is 2.79. The van der Waals surface area contributed by atoms with E-state index >= 15 is 0 Å². The van der Waals surface area contributed by atoms with Crippen LogP contribution in [0.1, 0.15) is 12.5 Å². The van der Waals surface area contributed by atoms with E-state index in [9.17, 15) is 5.26 Å². The molecule has 1 aromatic rings. The van der Waals surface area contributed by atoms with Gasteiger partial charge in [0.2, 0.25) is 0 Å². The SMILES string of the molecule is C#CCOc1ccc(/C=C(\C#N)C(N)=C(C#N)C#N)cc1OCC. The van der Waals surface area contributed by atoms with Gasteiger partial charge in [0.1, 0.15) is 24.8 Å². The molecule has 1 aromatic carbocycles. The highest BCUT2D eigenvalue weighted by Gasteiger charge is 2.10. The smallest absolute Gasteiger partial charge is 0.162 e. The van der Waals surface area contributed by atoms with Crippen LogP contribution >= 0.6 is 0 Å². The molecule has 0 heterocycles. The molecule has 1 rings (SSSR count). The van der Waals surface area contributed by atoms with Gasteiger partial charge in [0, 0.05) is 0 Å². The van der Waals surface area contributed by atoms with Crippen LogP contribution in [0.15, 0.2) is 35.0 Å².